The van der Waals surface area contributed by atoms with Crippen LogP contribution in [-0.4, -0.2) is 23.9 Å². The van der Waals surface area contributed by atoms with E-state index in [9.17, 15) is 4.79 Å². The van der Waals surface area contributed by atoms with Gasteiger partial charge in [0, 0.05) is 35.8 Å². The molecule has 4 heteroatoms. The zero-order valence-corrected chi connectivity index (χ0v) is 19.3. The number of hydrogen-bond donors (Lipinski definition) is 1. The van der Waals surface area contributed by atoms with E-state index in [0.717, 1.165) is 54.9 Å². The molecule has 1 fully saturated rings. The second-order valence-corrected chi connectivity index (χ2v) is 9.59. The lowest BCUT2D eigenvalue weighted by atomic mass is 9.76. The van der Waals surface area contributed by atoms with E-state index in [4.69, 9.17) is 4.74 Å². The predicted octanol–water partition coefficient (Wildman–Crippen LogP) is 6.33. The second-order valence-electron chi connectivity index (χ2n) is 9.59. The van der Waals surface area contributed by atoms with Gasteiger partial charge in [0.05, 0.1) is 6.04 Å². The molecule has 0 aromatic heterocycles. The second kappa shape index (κ2) is 9.02. The van der Waals surface area contributed by atoms with Crippen LogP contribution in [0.1, 0.15) is 58.3 Å². The molecule has 0 saturated carbocycles. The highest BCUT2D eigenvalue weighted by Gasteiger charge is 2.39. The quantitative estimate of drug-likeness (QED) is 0.462. The summed E-state index contributed by atoms with van der Waals surface area (Å²) in [5.41, 5.74) is 5.53. The van der Waals surface area contributed by atoms with E-state index in [1.165, 1.54) is 11.1 Å². The summed E-state index contributed by atoms with van der Waals surface area (Å²) in [7, 11) is 0. The fourth-order valence-electron chi connectivity index (χ4n) is 5.74. The van der Waals surface area contributed by atoms with Crippen LogP contribution in [0.3, 0.4) is 0 Å². The summed E-state index contributed by atoms with van der Waals surface area (Å²) in [6, 6.07) is 25.1. The summed E-state index contributed by atoms with van der Waals surface area (Å²) < 4.78 is 6.31. The van der Waals surface area contributed by atoms with Gasteiger partial charge in [-0.25, -0.2) is 0 Å². The topological polar surface area (TPSA) is 41.6 Å². The van der Waals surface area contributed by atoms with Crippen LogP contribution in [0, 0.1) is 5.92 Å². The molecule has 3 aromatic rings. The van der Waals surface area contributed by atoms with Crippen molar-refractivity contribution in [1.29, 1.82) is 0 Å². The van der Waals surface area contributed by atoms with Crippen molar-refractivity contribution in [1.82, 2.24) is 4.90 Å². The fraction of sp³-hybridized carbons (Fsp3) is 0.300. The number of nitrogens with zero attached hydrogens (tertiary/aromatic N) is 1. The molecular weight excluding hydrogens is 420 g/mol. The number of rotatable bonds is 5. The molecule has 2 heterocycles. The zero-order valence-electron chi connectivity index (χ0n) is 19.3. The van der Waals surface area contributed by atoms with E-state index in [1.807, 2.05) is 35.2 Å². The number of allylic oxidation sites excluding steroid dienone is 2. The third kappa shape index (κ3) is 3.87. The van der Waals surface area contributed by atoms with Crippen LogP contribution in [-0.2, 0) is 6.61 Å². The Labute approximate surface area is 201 Å². The number of likely N-dealkylation sites (tertiary alicyclic amines) is 1. The van der Waals surface area contributed by atoms with E-state index < -0.39 is 0 Å². The van der Waals surface area contributed by atoms with E-state index in [0.29, 0.717) is 18.4 Å². The molecule has 6 rings (SSSR count). The Bertz CT molecular complexity index is 1210. The number of hydrogen-bond acceptors (Lipinski definition) is 3. The van der Waals surface area contributed by atoms with Crippen molar-refractivity contribution >= 4 is 11.6 Å². The smallest absolute Gasteiger partial charge is 0.253 e. The highest BCUT2D eigenvalue weighted by Crippen LogP contribution is 2.51. The Morgan fingerprint density at radius 2 is 1.74 bits per heavy atom. The van der Waals surface area contributed by atoms with Gasteiger partial charge < -0.3 is 15.0 Å². The van der Waals surface area contributed by atoms with Crippen LogP contribution in [0.15, 0.2) is 84.9 Å². The lowest BCUT2D eigenvalue weighted by molar-refractivity contribution is 0.0792. The van der Waals surface area contributed by atoms with Crippen molar-refractivity contribution < 1.29 is 9.53 Å². The van der Waals surface area contributed by atoms with Crippen LogP contribution >= 0.6 is 0 Å². The van der Waals surface area contributed by atoms with Crippen molar-refractivity contribution in [3.63, 3.8) is 0 Å². The first-order valence-corrected chi connectivity index (χ1v) is 12.4. The van der Waals surface area contributed by atoms with Gasteiger partial charge in [-0.05, 0) is 60.6 Å². The van der Waals surface area contributed by atoms with Gasteiger partial charge in [0.1, 0.15) is 12.4 Å². The molecule has 0 spiro atoms. The number of amides is 1. The molecule has 1 N–H and O–H groups in total. The van der Waals surface area contributed by atoms with Crippen LogP contribution in [0.25, 0.3) is 0 Å². The van der Waals surface area contributed by atoms with Crippen molar-refractivity contribution in [2.45, 2.75) is 37.8 Å². The van der Waals surface area contributed by atoms with Crippen LogP contribution in [0.5, 0.6) is 5.75 Å². The van der Waals surface area contributed by atoms with Gasteiger partial charge in [-0.15, -0.1) is 0 Å². The molecule has 0 bridgehead atoms. The summed E-state index contributed by atoms with van der Waals surface area (Å²) in [6.45, 7) is 2.30. The molecule has 172 valence electrons. The summed E-state index contributed by atoms with van der Waals surface area (Å²) >= 11 is 0. The largest absolute Gasteiger partial charge is 0.489 e. The minimum absolute atomic E-state index is 0.152. The number of carbonyl (C=O) groups is 1. The Morgan fingerprint density at radius 1 is 0.941 bits per heavy atom. The highest BCUT2D eigenvalue weighted by atomic mass is 16.5. The Morgan fingerprint density at radius 3 is 2.59 bits per heavy atom. The average molecular weight is 451 g/mol. The molecule has 3 unspecified atom stereocenters. The summed E-state index contributed by atoms with van der Waals surface area (Å²) in [5.74, 6) is 1.79. The van der Waals surface area contributed by atoms with Crippen LogP contribution < -0.4 is 10.1 Å². The van der Waals surface area contributed by atoms with Crippen molar-refractivity contribution in [2.24, 2.45) is 5.92 Å². The molecule has 3 aliphatic rings. The first kappa shape index (κ1) is 21.0. The number of carbonyl (C=O) groups excluding carboxylic acids is 1. The SMILES string of the molecule is O=C(c1ccc2c(c1)C1C=CCC1C(c1ccccc1OCc1ccccc1)N2)N1CCCC1. The molecule has 1 aliphatic carbocycles. The van der Waals surface area contributed by atoms with Gasteiger partial charge in [-0.2, -0.15) is 0 Å². The number of benzene rings is 3. The highest BCUT2D eigenvalue weighted by molar-refractivity contribution is 5.95. The number of ether oxygens (including phenoxy) is 1. The third-order valence-corrected chi connectivity index (χ3v) is 7.49. The fourth-order valence-corrected chi connectivity index (χ4v) is 5.74. The number of fused-ring (bicyclic) bond motifs is 3. The summed E-state index contributed by atoms with van der Waals surface area (Å²) in [6.07, 6.45) is 7.85. The minimum atomic E-state index is 0.152. The van der Waals surface area contributed by atoms with Gasteiger partial charge in [-0.1, -0.05) is 60.7 Å². The number of anilines is 1. The van der Waals surface area contributed by atoms with Crippen molar-refractivity contribution in [3.8, 4) is 5.75 Å². The standard InChI is InChI=1S/C30H30N2O2/c33-30(32-17-6-7-18-32)22-15-16-27-26(19-22)23-12-8-13-24(23)29(31-27)25-11-4-5-14-28(25)34-20-21-9-2-1-3-10-21/h1-5,8-12,14-16,19,23-24,29,31H,6-7,13,17-18,20H2. The maximum Gasteiger partial charge on any atom is 0.253 e. The molecule has 1 saturated heterocycles. The monoisotopic (exact) mass is 450 g/mol. The van der Waals surface area contributed by atoms with Gasteiger partial charge in [-0.3, -0.25) is 4.79 Å². The van der Waals surface area contributed by atoms with Gasteiger partial charge in [0.25, 0.3) is 5.91 Å². The Balaban J connectivity index is 1.29. The van der Waals surface area contributed by atoms with Gasteiger partial charge in [0.15, 0.2) is 0 Å². The first-order chi connectivity index (χ1) is 16.8. The lowest BCUT2D eigenvalue weighted by Crippen LogP contribution is -2.31. The summed E-state index contributed by atoms with van der Waals surface area (Å²) in [4.78, 5) is 15.0. The molecule has 3 aromatic carbocycles. The Kier molecular flexibility index (Phi) is 5.58. The lowest BCUT2D eigenvalue weighted by Gasteiger charge is -2.38. The molecule has 0 radical (unpaired) electrons. The molecular formula is C30H30N2O2. The van der Waals surface area contributed by atoms with E-state index in [1.54, 1.807) is 0 Å². The number of para-hydroxylation sites is 1. The predicted molar refractivity (Wildman–Crippen MR) is 135 cm³/mol. The molecule has 3 atom stereocenters. The first-order valence-electron chi connectivity index (χ1n) is 12.4. The van der Waals surface area contributed by atoms with E-state index >= 15 is 0 Å². The third-order valence-electron chi connectivity index (χ3n) is 7.49. The maximum atomic E-state index is 13.0. The average Bonchev–Trinajstić information content (AvgIpc) is 3.60. The molecule has 1 amide bonds. The number of nitrogens with one attached hydrogen (secondary N) is 1. The molecule has 4 nitrogen and oxygen atoms in total. The normalized spacial score (nSPS) is 22.7. The zero-order chi connectivity index (χ0) is 22.9. The summed E-state index contributed by atoms with van der Waals surface area (Å²) in [5, 5.41) is 3.81. The molecule has 34 heavy (non-hydrogen) atoms. The molecule has 2 aliphatic heterocycles. The van der Waals surface area contributed by atoms with Crippen LogP contribution in [0.2, 0.25) is 0 Å². The van der Waals surface area contributed by atoms with Gasteiger partial charge >= 0.3 is 0 Å². The van der Waals surface area contributed by atoms with E-state index in [-0.39, 0.29) is 11.9 Å². The van der Waals surface area contributed by atoms with Crippen molar-refractivity contribution in [2.75, 3.05) is 18.4 Å². The maximum absolute atomic E-state index is 13.0. The Hall–Kier alpha value is -3.53. The van der Waals surface area contributed by atoms with E-state index in [2.05, 4.69) is 59.9 Å². The van der Waals surface area contributed by atoms with Gasteiger partial charge in [0.2, 0.25) is 0 Å². The van der Waals surface area contributed by atoms with Crippen molar-refractivity contribution in [3.05, 3.63) is 107 Å². The minimum Gasteiger partial charge on any atom is -0.489 e. The van der Waals surface area contributed by atoms with Crippen LogP contribution in [0.4, 0.5) is 5.69 Å².